The van der Waals surface area contributed by atoms with Gasteiger partial charge in [0.25, 0.3) is 0 Å². The molecule has 5 aliphatic rings. The normalized spacial score (nSPS) is 31.3. The lowest BCUT2D eigenvalue weighted by Crippen LogP contribution is -2.40. The summed E-state index contributed by atoms with van der Waals surface area (Å²) in [6.45, 7) is 1.47. The highest BCUT2D eigenvalue weighted by Gasteiger charge is 2.67. The Balaban J connectivity index is 1.25. The number of ketones is 1. The first-order valence-electron chi connectivity index (χ1n) is 10.9. The van der Waals surface area contributed by atoms with Gasteiger partial charge >= 0.3 is 5.97 Å². The van der Waals surface area contributed by atoms with Gasteiger partial charge in [-0.3, -0.25) is 14.4 Å². The number of benzene rings is 2. The van der Waals surface area contributed by atoms with E-state index < -0.39 is 5.97 Å². The van der Waals surface area contributed by atoms with Crippen LogP contribution >= 0.6 is 0 Å². The molecule has 1 aliphatic heterocycles. The van der Waals surface area contributed by atoms with Crippen LogP contribution in [0.15, 0.2) is 60.7 Å². The minimum absolute atomic E-state index is 0.0722. The number of imide groups is 1. The highest BCUT2D eigenvalue weighted by Crippen LogP contribution is 2.65. The maximum absolute atomic E-state index is 13.3. The van der Waals surface area contributed by atoms with E-state index in [1.807, 2.05) is 0 Å². The van der Waals surface area contributed by atoms with E-state index >= 15 is 0 Å². The average Bonchev–Trinajstić information content (AvgIpc) is 3.57. The van der Waals surface area contributed by atoms with Gasteiger partial charge in [-0.1, -0.05) is 18.2 Å². The van der Waals surface area contributed by atoms with Crippen LogP contribution in [-0.4, -0.2) is 23.6 Å². The van der Waals surface area contributed by atoms with E-state index in [1.165, 1.54) is 17.9 Å². The van der Waals surface area contributed by atoms with Crippen LogP contribution in [0.4, 0.5) is 5.69 Å². The monoisotopic (exact) mass is 427 g/mol. The number of carbonyl (C=O) groups excluding carboxylic acids is 4. The zero-order chi connectivity index (χ0) is 22.1. The molecule has 0 aromatic heterocycles. The van der Waals surface area contributed by atoms with Crippen LogP contribution in [-0.2, 0) is 9.59 Å². The fourth-order valence-corrected chi connectivity index (χ4v) is 5.91. The molecule has 2 saturated carbocycles. The highest BCUT2D eigenvalue weighted by molar-refractivity contribution is 6.23. The van der Waals surface area contributed by atoms with Gasteiger partial charge in [0.05, 0.1) is 23.1 Å². The lowest BCUT2D eigenvalue weighted by molar-refractivity contribution is -0.124. The van der Waals surface area contributed by atoms with Crippen LogP contribution in [0.1, 0.15) is 34.1 Å². The molecule has 0 N–H and O–H groups in total. The Morgan fingerprint density at radius 1 is 0.875 bits per heavy atom. The average molecular weight is 427 g/mol. The number of hydrogen-bond acceptors (Lipinski definition) is 5. The largest absolute Gasteiger partial charge is 0.423 e. The molecule has 2 aromatic rings. The molecule has 160 valence electrons. The number of nitrogens with zero attached hydrogens (tertiary/aromatic N) is 1. The minimum Gasteiger partial charge on any atom is -0.423 e. The third-order valence-electron chi connectivity index (χ3n) is 7.47. The molecule has 7 rings (SSSR count). The van der Waals surface area contributed by atoms with Crippen molar-refractivity contribution in [2.24, 2.45) is 35.5 Å². The summed E-state index contributed by atoms with van der Waals surface area (Å²) >= 11 is 0. The van der Waals surface area contributed by atoms with Crippen LogP contribution < -0.4 is 9.64 Å². The molecule has 1 saturated heterocycles. The number of hydrogen-bond donors (Lipinski definition) is 0. The van der Waals surface area contributed by atoms with Crippen molar-refractivity contribution in [1.29, 1.82) is 0 Å². The van der Waals surface area contributed by atoms with E-state index in [0.29, 0.717) is 28.8 Å². The molecular formula is C26H21NO5. The number of rotatable bonds is 4. The summed E-state index contributed by atoms with van der Waals surface area (Å²) in [4.78, 5) is 51.9. The summed E-state index contributed by atoms with van der Waals surface area (Å²) in [5.74, 6) is 0.159. The topological polar surface area (TPSA) is 80.8 Å². The minimum atomic E-state index is -0.595. The molecule has 0 spiro atoms. The second-order valence-corrected chi connectivity index (χ2v) is 9.19. The van der Waals surface area contributed by atoms with Gasteiger partial charge < -0.3 is 4.74 Å². The number of anilines is 1. The Hall–Kier alpha value is -3.54. The SMILES string of the molecule is CC(=O)c1ccc(OC(=O)c2cccc(N3C(=O)[C@@H]4[C@H]5C=C[C@@H]([C@@H]6C[C@H]56)[C@H]4C3=O)c2)cc1. The first-order valence-corrected chi connectivity index (χ1v) is 10.9. The first kappa shape index (κ1) is 19.2. The molecule has 3 fully saturated rings. The van der Waals surface area contributed by atoms with Gasteiger partial charge in [0.1, 0.15) is 5.75 Å². The zero-order valence-corrected chi connectivity index (χ0v) is 17.4. The Labute approximate surface area is 184 Å². The molecule has 2 aromatic carbocycles. The van der Waals surface area contributed by atoms with Gasteiger partial charge in [0.15, 0.2) is 5.78 Å². The van der Waals surface area contributed by atoms with E-state index in [-0.39, 0.29) is 46.8 Å². The molecular weight excluding hydrogens is 406 g/mol. The maximum atomic E-state index is 13.3. The summed E-state index contributed by atoms with van der Waals surface area (Å²) in [5, 5.41) is 0. The maximum Gasteiger partial charge on any atom is 0.343 e. The molecule has 1 heterocycles. The van der Waals surface area contributed by atoms with Gasteiger partial charge in [-0.05, 0) is 79.5 Å². The van der Waals surface area contributed by atoms with Gasteiger partial charge in [-0.15, -0.1) is 0 Å². The Morgan fingerprint density at radius 3 is 2.09 bits per heavy atom. The quantitative estimate of drug-likeness (QED) is 0.245. The number of amides is 2. The Morgan fingerprint density at radius 2 is 1.50 bits per heavy atom. The van der Waals surface area contributed by atoms with Crippen molar-refractivity contribution >= 4 is 29.3 Å². The van der Waals surface area contributed by atoms with E-state index in [9.17, 15) is 19.2 Å². The van der Waals surface area contributed by atoms with E-state index in [4.69, 9.17) is 4.74 Å². The van der Waals surface area contributed by atoms with Crippen molar-refractivity contribution in [3.8, 4) is 5.75 Å². The number of carbonyl (C=O) groups is 4. The van der Waals surface area contributed by atoms with Crippen LogP contribution in [0.5, 0.6) is 5.75 Å². The molecule has 32 heavy (non-hydrogen) atoms. The van der Waals surface area contributed by atoms with Crippen molar-refractivity contribution in [1.82, 2.24) is 0 Å². The van der Waals surface area contributed by atoms with Gasteiger partial charge in [0, 0.05) is 5.56 Å². The molecule has 4 aliphatic carbocycles. The fraction of sp³-hybridized carbons (Fsp3) is 0.308. The standard InChI is InChI=1S/C26H21NO5/c1-13(28)14-5-7-17(8-6-14)32-26(31)15-3-2-4-16(11-15)27-24(29)22-18-9-10-19(21-12-20(18)21)23(22)25(27)30/h2-11,18-23H,12H2,1H3/t18-,19-,20-,21+,22+,23+/m0/s1. The Kier molecular flexibility index (Phi) is 4.03. The van der Waals surface area contributed by atoms with Crippen LogP contribution in [0.3, 0.4) is 0 Å². The van der Waals surface area contributed by atoms with Crippen molar-refractivity contribution in [2.45, 2.75) is 13.3 Å². The predicted molar refractivity (Wildman–Crippen MR) is 115 cm³/mol. The second kappa shape index (κ2) is 6.73. The summed E-state index contributed by atoms with van der Waals surface area (Å²) < 4.78 is 5.42. The first-order chi connectivity index (χ1) is 15.4. The van der Waals surface area contributed by atoms with Gasteiger partial charge in [0.2, 0.25) is 11.8 Å². The number of Topliss-reactive ketones (excluding diaryl/α,β-unsaturated/α-hetero) is 1. The smallest absolute Gasteiger partial charge is 0.343 e. The third kappa shape index (κ3) is 2.72. The molecule has 6 heteroatoms. The molecule has 2 bridgehead atoms. The van der Waals surface area contributed by atoms with Crippen molar-refractivity contribution in [2.75, 3.05) is 4.90 Å². The lowest BCUT2D eigenvalue weighted by Gasteiger charge is -2.37. The Bertz CT molecular complexity index is 1180. The van der Waals surface area contributed by atoms with Crippen LogP contribution in [0.25, 0.3) is 0 Å². The van der Waals surface area contributed by atoms with E-state index in [1.54, 1.807) is 42.5 Å². The number of allylic oxidation sites excluding steroid dienone is 2. The number of ether oxygens (including phenoxy) is 1. The summed E-state index contributed by atoms with van der Waals surface area (Å²) in [7, 11) is 0. The van der Waals surface area contributed by atoms with Gasteiger partial charge in [-0.2, -0.15) is 0 Å². The zero-order valence-electron chi connectivity index (χ0n) is 17.4. The lowest BCUT2D eigenvalue weighted by atomic mass is 9.63. The van der Waals surface area contributed by atoms with E-state index in [0.717, 1.165) is 6.42 Å². The van der Waals surface area contributed by atoms with E-state index in [2.05, 4.69) is 12.2 Å². The second-order valence-electron chi connectivity index (χ2n) is 9.19. The highest BCUT2D eigenvalue weighted by atomic mass is 16.5. The van der Waals surface area contributed by atoms with Crippen LogP contribution in [0.2, 0.25) is 0 Å². The van der Waals surface area contributed by atoms with Crippen molar-refractivity contribution < 1.29 is 23.9 Å². The van der Waals surface area contributed by atoms with Crippen molar-refractivity contribution in [3.05, 3.63) is 71.8 Å². The van der Waals surface area contributed by atoms with Crippen LogP contribution in [0, 0.1) is 35.5 Å². The van der Waals surface area contributed by atoms with Crippen molar-refractivity contribution in [3.63, 3.8) is 0 Å². The summed E-state index contributed by atoms with van der Waals surface area (Å²) in [6, 6.07) is 12.8. The predicted octanol–water partition coefficient (Wildman–Crippen LogP) is 3.67. The molecule has 6 atom stereocenters. The van der Waals surface area contributed by atoms with Gasteiger partial charge in [-0.25, -0.2) is 9.69 Å². The summed E-state index contributed by atoms with van der Waals surface area (Å²) in [5.41, 5.74) is 1.18. The molecule has 0 unspecified atom stereocenters. The third-order valence-corrected chi connectivity index (χ3v) is 7.47. The molecule has 0 radical (unpaired) electrons. The number of esters is 1. The molecule has 6 nitrogen and oxygen atoms in total. The molecule has 2 amide bonds. The fourth-order valence-electron chi connectivity index (χ4n) is 5.91. The summed E-state index contributed by atoms with van der Waals surface area (Å²) in [6.07, 6.45) is 5.39.